The lowest BCUT2D eigenvalue weighted by Gasteiger charge is -2.48. The predicted molar refractivity (Wildman–Crippen MR) is 89.8 cm³/mol. The van der Waals surface area contributed by atoms with Crippen LogP contribution >= 0.6 is 0 Å². The molecule has 0 bridgehead atoms. The number of hydrogen-bond acceptors (Lipinski definition) is 3. The molecule has 2 heterocycles. The van der Waals surface area contributed by atoms with Crippen molar-refractivity contribution in [1.82, 2.24) is 4.90 Å². The van der Waals surface area contributed by atoms with Crippen molar-refractivity contribution in [3.05, 3.63) is 42.0 Å². The van der Waals surface area contributed by atoms with E-state index < -0.39 is 5.60 Å². The number of aliphatic hydroxyl groups is 1. The molecule has 1 atom stereocenters. The molecule has 1 spiro atoms. The zero-order chi connectivity index (χ0) is 16.3. The van der Waals surface area contributed by atoms with E-state index in [-0.39, 0.29) is 11.5 Å². The summed E-state index contributed by atoms with van der Waals surface area (Å²) in [6.45, 7) is 3.87. The highest BCUT2D eigenvalue weighted by Gasteiger charge is 2.44. The van der Waals surface area contributed by atoms with E-state index in [2.05, 4.69) is 0 Å². The van der Waals surface area contributed by atoms with Gasteiger partial charge in [0.2, 0.25) is 5.91 Å². The second kappa shape index (κ2) is 6.46. The molecule has 2 aliphatic rings. The first kappa shape index (κ1) is 16.2. The molecule has 23 heavy (non-hydrogen) atoms. The normalized spacial score (nSPS) is 27.5. The Labute approximate surface area is 137 Å². The summed E-state index contributed by atoms with van der Waals surface area (Å²) in [5.74, 6) is 0.0475. The van der Waals surface area contributed by atoms with Gasteiger partial charge < -0.3 is 14.7 Å². The highest BCUT2D eigenvalue weighted by atomic mass is 16.5. The molecule has 2 fully saturated rings. The monoisotopic (exact) mass is 315 g/mol. The lowest BCUT2D eigenvalue weighted by molar-refractivity contribution is -0.174. The Hall–Kier alpha value is -1.65. The molecule has 1 amide bonds. The number of rotatable bonds is 2. The average molecular weight is 315 g/mol. The van der Waals surface area contributed by atoms with Crippen LogP contribution in [0.3, 0.4) is 0 Å². The largest absolute Gasteiger partial charge is 0.390 e. The summed E-state index contributed by atoms with van der Waals surface area (Å²) in [5.41, 5.74) is 0.139. The fourth-order valence-corrected chi connectivity index (χ4v) is 3.61. The second-order valence-electron chi connectivity index (χ2n) is 7.02. The Morgan fingerprint density at radius 1 is 1.22 bits per heavy atom. The molecule has 1 aromatic carbocycles. The fraction of sp³-hybridized carbons (Fsp3) is 0.526. The maximum absolute atomic E-state index is 12.3. The van der Waals surface area contributed by atoms with Crippen LogP contribution in [0.25, 0.3) is 6.08 Å². The number of piperidine rings is 1. The van der Waals surface area contributed by atoms with Crippen molar-refractivity contribution < 1.29 is 14.6 Å². The van der Waals surface area contributed by atoms with Gasteiger partial charge in [-0.05, 0) is 37.8 Å². The smallest absolute Gasteiger partial charge is 0.246 e. The van der Waals surface area contributed by atoms with Crippen molar-refractivity contribution in [2.45, 2.75) is 43.8 Å². The Kier molecular flexibility index (Phi) is 4.55. The van der Waals surface area contributed by atoms with Crippen LogP contribution in [0.15, 0.2) is 36.4 Å². The lowest BCUT2D eigenvalue weighted by atomic mass is 9.78. The summed E-state index contributed by atoms with van der Waals surface area (Å²) in [6.07, 6.45) is 6.46. The summed E-state index contributed by atoms with van der Waals surface area (Å²) in [7, 11) is 0. The van der Waals surface area contributed by atoms with Crippen LogP contribution in [0, 0.1) is 0 Å². The van der Waals surface area contributed by atoms with Crippen molar-refractivity contribution in [2.75, 3.05) is 19.7 Å². The van der Waals surface area contributed by atoms with Crippen molar-refractivity contribution in [2.24, 2.45) is 0 Å². The molecule has 2 aliphatic heterocycles. The van der Waals surface area contributed by atoms with Crippen LogP contribution in [0.2, 0.25) is 0 Å². The molecule has 2 saturated heterocycles. The minimum Gasteiger partial charge on any atom is -0.390 e. The number of likely N-dealkylation sites (tertiary alicyclic amines) is 1. The Morgan fingerprint density at radius 3 is 2.57 bits per heavy atom. The highest BCUT2D eigenvalue weighted by Crippen LogP contribution is 2.39. The highest BCUT2D eigenvalue weighted by molar-refractivity contribution is 5.91. The molecular weight excluding hydrogens is 290 g/mol. The maximum atomic E-state index is 12.3. The molecule has 3 rings (SSSR count). The van der Waals surface area contributed by atoms with Gasteiger partial charge in [-0.1, -0.05) is 30.3 Å². The summed E-state index contributed by atoms with van der Waals surface area (Å²) >= 11 is 0. The van der Waals surface area contributed by atoms with E-state index in [4.69, 9.17) is 4.74 Å². The third kappa shape index (κ3) is 4.01. The number of benzene rings is 1. The first-order valence-corrected chi connectivity index (χ1v) is 8.37. The topological polar surface area (TPSA) is 49.8 Å². The van der Waals surface area contributed by atoms with Gasteiger partial charge in [-0.15, -0.1) is 0 Å². The van der Waals surface area contributed by atoms with E-state index in [1.165, 1.54) is 0 Å². The fourth-order valence-electron chi connectivity index (χ4n) is 3.61. The van der Waals surface area contributed by atoms with Gasteiger partial charge in [-0.3, -0.25) is 4.79 Å². The average Bonchev–Trinajstić information content (AvgIpc) is 2.53. The number of carbonyl (C=O) groups is 1. The number of hydrogen-bond donors (Lipinski definition) is 1. The molecule has 0 aromatic heterocycles. The molecule has 0 saturated carbocycles. The molecule has 0 aliphatic carbocycles. The van der Waals surface area contributed by atoms with Crippen LogP contribution in [-0.2, 0) is 9.53 Å². The number of carbonyl (C=O) groups excluding carboxylic acids is 1. The van der Waals surface area contributed by atoms with Gasteiger partial charge >= 0.3 is 0 Å². The van der Waals surface area contributed by atoms with E-state index in [9.17, 15) is 9.90 Å². The minimum atomic E-state index is -0.641. The van der Waals surface area contributed by atoms with Gasteiger partial charge in [-0.25, -0.2) is 0 Å². The number of nitrogens with zero attached hydrogens (tertiary/aromatic N) is 1. The van der Waals surface area contributed by atoms with E-state index in [1.54, 1.807) is 6.08 Å². The molecule has 1 N–H and O–H groups in total. The predicted octanol–water partition coefficient (Wildman–Crippen LogP) is 2.62. The van der Waals surface area contributed by atoms with Crippen LogP contribution in [-0.4, -0.2) is 46.8 Å². The molecule has 1 aromatic rings. The summed E-state index contributed by atoms with van der Waals surface area (Å²) in [4.78, 5) is 14.2. The number of amides is 1. The van der Waals surface area contributed by atoms with Crippen LogP contribution in [0.1, 0.15) is 38.2 Å². The van der Waals surface area contributed by atoms with Crippen LogP contribution < -0.4 is 0 Å². The van der Waals surface area contributed by atoms with Gasteiger partial charge in [0.15, 0.2) is 0 Å². The zero-order valence-corrected chi connectivity index (χ0v) is 13.7. The SMILES string of the molecule is CC1(O)CCOC2(CCN(C(=O)C=Cc3ccccc3)CC2)C1. The molecule has 4 nitrogen and oxygen atoms in total. The Balaban J connectivity index is 1.56. The summed E-state index contributed by atoms with van der Waals surface area (Å²) in [5, 5.41) is 10.3. The summed E-state index contributed by atoms with van der Waals surface area (Å²) in [6, 6.07) is 9.84. The van der Waals surface area contributed by atoms with Gasteiger partial charge in [-0.2, -0.15) is 0 Å². The Morgan fingerprint density at radius 2 is 1.91 bits per heavy atom. The molecular formula is C19H25NO3. The lowest BCUT2D eigenvalue weighted by Crippen LogP contribution is -2.54. The minimum absolute atomic E-state index is 0.0475. The van der Waals surface area contributed by atoms with E-state index >= 15 is 0 Å². The van der Waals surface area contributed by atoms with Crippen molar-refractivity contribution >= 4 is 12.0 Å². The first-order valence-electron chi connectivity index (χ1n) is 8.37. The van der Waals surface area contributed by atoms with Crippen molar-refractivity contribution in [3.63, 3.8) is 0 Å². The van der Waals surface area contributed by atoms with Gasteiger partial charge in [0.25, 0.3) is 0 Å². The standard InChI is InChI=1S/C19H25NO3/c1-18(22)11-14-23-19(15-18)9-12-20(13-10-19)17(21)8-7-16-5-3-2-4-6-16/h2-8,22H,9-15H2,1H3. The van der Waals surface area contributed by atoms with E-state index in [0.717, 1.165) is 18.4 Å². The summed E-state index contributed by atoms with van der Waals surface area (Å²) < 4.78 is 5.98. The van der Waals surface area contributed by atoms with Crippen molar-refractivity contribution in [1.29, 1.82) is 0 Å². The zero-order valence-electron chi connectivity index (χ0n) is 13.7. The first-order chi connectivity index (χ1) is 11.0. The molecule has 124 valence electrons. The number of ether oxygens (including phenoxy) is 1. The quantitative estimate of drug-likeness (QED) is 0.854. The van der Waals surface area contributed by atoms with E-state index in [1.807, 2.05) is 48.2 Å². The molecule has 4 heteroatoms. The van der Waals surface area contributed by atoms with Gasteiger partial charge in [0, 0.05) is 25.6 Å². The second-order valence-corrected chi connectivity index (χ2v) is 7.02. The molecule has 1 unspecified atom stereocenters. The van der Waals surface area contributed by atoms with Crippen LogP contribution in [0.5, 0.6) is 0 Å². The van der Waals surface area contributed by atoms with Crippen molar-refractivity contribution in [3.8, 4) is 0 Å². The van der Waals surface area contributed by atoms with Crippen LogP contribution in [0.4, 0.5) is 0 Å². The third-order valence-corrected chi connectivity index (χ3v) is 4.96. The van der Waals surface area contributed by atoms with E-state index in [0.29, 0.717) is 32.5 Å². The third-order valence-electron chi connectivity index (χ3n) is 4.96. The maximum Gasteiger partial charge on any atom is 0.246 e. The molecule has 0 radical (unpaired) electrons. The van der Waals surface area contributed by atoms with Gasteiger partial charge in [0.05, 0.1) is 17.8 Å². The Bertz CT molecular complexity index is 572. The van der Waals surface area contributed by atoms with Gasteiger partial charge in [0.1, 0.15) is 0 Å².